The minimum Gasteiger partial charge on any atom is -0.497 e. The molecule has 3 aromatic rings. The fourth-order valence-corrected chi connectivity index (χ4v) is 6.79. The molecular formula is C35H45N3O6S. The Bertz CT molecular complexity index is 1510. The predicted octanol–water partition coefficient (Wildman–Crippen LogP) is 5.34. The molecule has 0 heterocycles. The van der Waals surface area contributed by atoms with Gasteiger partial charge in [-0.05, 0) is 54.7 Å². The summed E-state index contributed by atoms with van der Waals surface area (Å²) in [7, 11) is -0.515. The molecule has 4 rings (SSSR count). The lowest BCUT2D eigenvalue weighted by Crippen LogP contribution is -2.52. The van der Waals surface area contributed by atoms with Crippen molar-refractivity contribution in [3.8, 4) is 11.5 Å². The van der Waals surface area contributed by atoms with E-state index < -0.39 is 16.1 Å². The maximum absolute atomic E-state index is 14.1. The molecule has 1 fully saturated rings. The number of benzene rings is 3. The van der Waals surface area contributed by atoms with E-state index in [1.165, 1.54) is 17.8 Å². The lowest BCUT2D eigenvalue weighted by Gasteiger charge is -2.34. The van der Waals surface area contributed by atoms with E-state index in [2.05, 4.69) is 5.32 Å². The first-order chi connectivity index (χ1) is 21.7. The van der Waals surface area contributed by atoms with Crippen molar-refractivity contribution < 1.29 is 27.5 Å². The monoisotopic (exact) mass is 635 g/mol. The van der Waals surface area contributed by atoms with Gasteiger partial charge in [0.15, 0.2) is 0 Å². The maximum Gasteiger partial charge on any atom is 0.243 e. The highest BCUT2D eigenvalue weighted by atomic mass is 32.2. The van der Waals surface area contributed by atoms with Crippen LogP contribution < -0.4 is 19.1 Å². The molecule has 1 aliphatic carbocycles. The Hall–Kier alpha value is -4.05. The summed E-state index contributed by atoms with van der Waals surface area (Å²) in [6.07, 6.45) is 7.00. The maximum atomic E-state index is 14.1. The van der Waals surface area contributed by atoms with Gasteiger partial charge in [-0.1, -0.05) is 67.8 Å². The van der Waals surface area contributed by atoms with Crippen LogP contribution in [0.3, 0.4) is 0 Å². The molecule has 10 heteroatoms. The van der Waals surface area contributed by atoms with Gasteiger partial charge < -0.3 is 19.7 Å². The lowest BCUT2D eigenvalue weighted by atomic mass is 9.94. The minimum absolute atomic E-state index is 0.0575. The van der Waals surface area contributed by atoms with Gasteiger partial charge in [0.25, 0.3) is 0 Å². The minimum atomic E-state index is -3.63. The van der Waals surface area contributed by atoms with Crippen LogP contribution in [0.2, 0.25) is 0 Å². The third kappa shape index (κ3) is 9.97. The van der Waals surface area contributed by atoms with E-state index in [-0.39, 0.29) is 43.8 Å². The van der Waals surface area contributed by atoms with E-state index in [1.807, 2.05) is 54.6 Å². The van der Waals surface area contributed by atoms with Crippen LogP contribution in [0.25, 0.3) is 0 Å². The second kappa shape index (κ2) is 16.3. The number of hydrogen-bond acceptors (Lipinski definition) is 6. The first-order valence-corrected chi connectivity index (χ1v) is 17.4. The topological polar surface area (TPSA) is 105 Å². The number of rotatable bonds is 15. The number of sulfonamides is 1. The largest absolute Gasteiger partial charge is 0.497 e. The highest BCUT2D eigenvalue weighted by molar-refractivity contribution is 7.92. The van der Waals surface area contributed by atoms with Gasteiger partial charge in [0, 0.05) is 38.0 Å². The van der Waals surface area contributed by atoms with Crippen molar-refractivity contribution in [3.63, 3.8) is 0 Å². The van der Waals surface area contributed by atoms with Crippen molar-refractivity contribution in [1.82, 2.24) is 10.2 Å². The molecule has 2 amide bonds. The van der Waals surface area contributed by atoms with Crippen LogP contribution >= 0.6 is 0 Å². The van der Waals surface area contributed by atoms with Gasteiger partial charge in [0.05, 0.1) is 26.2 Å². The number of hydrogen-bond donors (Lipinski definition) is 1. The van der Waals surface area contributed by atoms with Crippen LogP contribution in [0.1, 0.15) is 56.1 Å². The van der Waals surface area contributed by atoms with E-state index in [0.717, 1.165) is 43.1 Å². The third-order valence-corrected chi connectivity index (χ3v) is 9.40. The summed E-state index contributed by atoms with van der Waals surface area (Å²) in [5, 5.41) is 3.25. The van der Waals surface area contributed by atoms with Gasteiger partial charge in [0.2, 0.25) is 21.8 Å². The molecule has 242 valence electrons. The lowest BCUT2D eigenvalue weighted by molar-refractivity contribution is -0.141. The number of methoxy groups -OCH3 is 2. The van der Waals surface area contributed by atoms with E-state index >= 15 is 0 Å². The summed E-state index contributed by atoms with van der Waals surface area (Å²) in [5.41, 5.74) is 2.25. The Labute approximate surface area is 267 Å². The van der Waals surface area contributed by atoms with Gasteiger partial charge in [-0.3, -0.25) is 13.9 Å². The van der Waals surface area contributed by atoms with Gasteiger partial charge in [-0.25, -0.2) is 8.42 Å². The average Bonchev–Trinajstić information content (AvgIpc) is 3.05. The summed E-state index contributed by atoms with van der Waals surface area (Å²) < 4.78 is 37.5. The van der Waals surface area contributed by atoms with Gasteiger partial charge in [-0.2, -0.15) is 0 Å². The summed E-state index contributed by atoms with van der Waals surface area (Å²) in [5.74, 6) is 0.801. The average molecular weight is 636 g/mol. The third-order valence-electron chi connectivity index (χ3n) is 8.20. The Balaban J connectivity index is 1.60. The van der Waals surface area contributed by atoms with E-state index in [4.69, 9.17) is 9.47 Å². The highest BCUT2D eigenvalue weighted by Gasteiger charge is 2.32. The Kier molecular flexibility index (Phi) is 12.3. The molecule has 1 atom stereocenters. The molecule has 0 saturated heterocycles. The van der Waals surface area contributed by atoms with Crippen LogP contribution in [-0.4, -0.2) is 64.2 Å². The number of nitrogens with zero attached hydrogens (tertiary/aromatic N) is 2. The number of anilines is 1. The zero-order valence-electron chi connectivity index (χ0n) is 26.5. The van der Waals surface area contributed by atoms with Crippen molar-refractivity contribution in [2.45, 2.75) is 70.0 Å². The Morgan fingerprint density at radius 2 is 1.51 bits per heavy atom. The number of carbonyl (C=O) groups is 2. The molecule has 1 saturated carbocycles. The van der Waals surface area contributed by atoms with Crippen molar-refractivity contribution in [1.29, 1.82) is 0 Å². The van der Waals surface area contributed by atoms with Crippen molar-refractivity contribution in [2.75, 3.05) is 31.3 Å². The second-order valence-electron chi connectivity index (χ2n) is 11.6. The molecule has 0 bridgehead atoms. The fourth-order valence-electron chi connectivity index (χ4n) is 5.84. The second-order valence-corrected chi connectivity index (χ2v) is 13.5. The summed E-state index contributed by atoms with van der Waals surface area (Å²) in [6, 6.07) is 23.4. The smallest absolute Gasteiger partial charge is 0.243 e. The van der Waals surface area contributed by atoms with Crippen LogP contribution in [0.4, 0.5) is 5.69 Å². The van der Waals surface area contributed by atoms with Crippen LogP contribution in [0, 0.1) is 0 Å². The van der Waals surface area contributed by atoms with E-state index in [9.17, 15) is 18.0 Å². The number of carbonyl (C=O) groups excluding carboxylic acids is 2. The standard InChI is InChI=1S/C35H45N3O6S/c1-43-31-19-10-15-28(23-31)26-37(33(24-27-13-6-4-7-14-27)35(40)36-29-16-8-5-9-17-29)34(39)21-12-22-38(45(3,41)42)30-18-11-20-32(25-30)44-2/h4,6-7,10-11,13-15,18-20,23,25,29,33H,5,8-9,12,16-17,21-22,24,26H2,1-3H3,(H,36,40)/t33-/m0/s1. The zero-order valence-corrected chi connectivity index (χ0v) is 27.3. The van der Waals surface area contributed by atoms with Crippen LogP contribution in [-0.2, 0) is 32.6 Å². The first-order valence-electron chi connectivity index (χ1n) is 15.6. The van der Waals surface area contributed by atoms with Crippen LogP contribution in [0.15, 0.2) is 78.9 Å². The molecule has 45 heavy (non-hydrogen) atoms. The van der Waals surface area contributed by atoms with Crippen molar-refractivity contribution >= 4 is 27.5 Å². The molecule has 3 aromatic carbocycles. The van der Waals surface area contributed by atoms with E-state index in [0.29, 0.717) is 23.6 Å². The van der Waals surface area contributed by atoms with Crippen molar-refractivity contribution in [2.24, 2.45) is 0 Å². The Morgan fingerprint density at radius 3 is 2.18 bits per heavy atom. The summed E-state index contributed by atoms with van der Waals surface area (Å²) in [4.78, 5) is 29.8. The molecule has 1 N–H and O–H groups in total. The molecule has 0 spiro atoms. The van der Waals surface area contributed by atoms with Gasteiger partial charge >= 0.3 is 0 Å². The molecule has 0 radical (unpaired) electrons. The van der Waals surface area contributed by atoms with Crippen molar-refractivity contribution in [3.05, 3.63) is 90.0 Å². The van der Waals surface area contributed by atoms with Crippen LogP contribution in [0.5, 0.6) is 11.5 Å². The number of nitrogens with one attached hydrogen (secondary N) is 1. The molecular weight excluding hydrogens is 590 g/mol. The normalized spacial score (nSPS) is 14.3. The quantitative estimate of drug-likeness (QED) is 0.242. The molecule has 9 nitrogen and oxygen atoms in total. The fraction of sp³-hybridized carbons (Fsp3) is 0.429. The van der Waals surface area contributed by atoms with Gasteiger partial charge in [0.1, 0.15) is 17.5 Å². The highest BCUT2D eigenvalue weighted by Crippen LogP contribution is 2.25. The molecule has 0 aromatic heterocycles. The van der Waals surface area contributed by atoms with Gasteiger partial charge in [-0.15, -0.1) is 0 Å². The van der Waals surface area contributed by atoms with E-state index in [1.54, 1.807) is 36.3 Å². The summed E-state index contributed by atoms with van der Waals surface area (Å²) in [6.45, 7) is 0.305. The zero-order chi connectivity index (χ0) is 32.2. The molecule has 0 aliphatic heterocycles. The predicted molar refractivity (Wildman–Crippen MR) is 177 cm³/mol. The molecule has 0 unspecified atom stereocenters. The first kappa shape index (κ1) is 33.8. The number of ether oxygens (including phenoxy) is 2. The summed E-state index contributed by atoms with van der Waals surface area (Å²) >= 11 is 0. The Morgan fingerprint density at radius 1 is 0.867 bits per heavy atom. The number of amides is 2. The molecule has 1 aliphatic rings. The SMILES string of the molecule is COc1cccc(CN(C(=O)CCCN(c2cccc(OC)c2)S(C)(=O)=O)[C@@H](Cc2ccccc2)C(=O)NC2CCCCC2)c1.